The molecule has 2 N–H and O–H groups in total. The molecule has 0 saturated heterocycles. The summed E-state index contributed by atoms with van der Waals surface area (Å²) in [5.74, 6) is 0.128. The van der Waals surface area contributed by atoms with Gasteiger partial charge in [0.15, 0.2) is 0 Å². The maximum Gasteiger partial charge on any atom is 0.246 e. The van der Waals surface area contributed by atoms with Gasteiger partial charge in [-0.25, -0.2) is 0 Å². The quantitative estimate of drug-likeness (QED) is 0.208. The fraction of sp³-hybridized carbons (Fsp3) is 0.920. The third kappa shape index (κ3) is 23.7. The number of carbonyl (C=O) groups excluding carboxylic acids is 2. The van der Waals surface area contributed by atoms with E-state index < -0.39 is 0 Å². The Bertz CT molecular complexity index is 462. The SMILES string of the molecule is CCCC(C)OCC(=O)NCCCCCOCCOCCOCCCCCNC(=O)C(C)C. The van der Waals surface area contributed by atoms with Crippen LogP contribution >= 0.6 is 0 Å². The number of carbonyl (C=O) groups is 2. The van der Waals surface area contributed by atoms with E-state index in [1.807, 2.05) is 20.8 Å². The predicted octanol–water partition coefficient (Wildman–Crippen LogP) is 3.47. The van der Waals surface area contributed by atoms with E-state index in [4.69, 9.17) is 18.9 Å². The van der Waals surface area contributed by atoms with Gasteiger partial charge in [0.25, 0.3) is 0 Å². The van der Waals surface area contributed by atoms with Crippen molar-refractivity contribution < 1.29 is 28.5 Å². The summed E-state index contributed by atoms with van der Waals surface area (Å²) in [4.78, 5) is 23.1. The zero-order chi connectivity index (χ0) is 24.6. The van der Waals surface area contributed by atoms with Crippen molar-refractivity contribution in [3.63, 3.8) is 0 Å². The molecule has 0 heterocycles. The monoisotopic (exact) mass is 474 g/mol. The Morgan fingerprint density at radius 1 is 0.697 bits per heavy atom. The van der Waals surface area contributed by atoms with Crippen molar-refractivity contribution in [2.45, 2.75) is 85.2 Å². The smallest absolute Gasteiger partial charge is 0.246 e. The molecule has 0 aliphatic heterocycles. The van der Waals surface area contributed by atoms with Gasteiger partial charge in [-0.3, -0.25) is 9.59 Å². The highest BCUT2D eigenvalue weighted by molar-refractivity contribution is 5.77. The molecule has 0 rings (SSSR count). The fourth-order valence-corrected chi connectivity index (χ4v) is 2.96. The second-order valence-electron chi connectivity index (χ2n) is 8.66. The van der Waals surface area contributed by atoms with Crippen LogP contribution in [0.4, 0.5) is 0 Å². The second-order valence-corrected chi connectivity index (χ2v) is 8.66. The first kappa shape index (κ1) is 31.8. The van der Waals surface area contributed by atoms with E-state index in [2.05, 4.69) is 17.6 Å². The summed E-state index contributed by atoms with van der Waals surface area (Å²) in [5, 5.41) is 5.81. The lowest BCUT2D eigenvalue weighted by Gasteiger charge is -2.11. The molecule has 0 aliphatic rings. The molecule has 0 spiro atoms. The largest absolute Gasteiger partial charge is 0.379 e. The van der Waals surface area contributed by atoms with Gasteiger partial charge in [0, 0.05) is 32.2 Å². The lowest BCUT2D eigenvalue weighted by atomic mass is 10.2. The van der Waals surface area contributed by atoms with Crippen LogP contribution in [0.5, 0.6) is 0 Å². The van der Waals surface area contributed by atoms with Gasteiger partial charge in [-0.2, -0.15) is 0 Å². The van der Waals surface area contributed by atoms with E-state index in [0.29, 0.717) is 39.6 Å². The summed E-state index contributed by atoms with van der Waals surface area (Å²) in [6.45, 7) is 13.3. The van der Waals surface area contributed by atoms with Crippen LogP contribution in [0.3, 0.4) is 0 Å². The van der Waals surface area contributed by atoms with E-state index in [1.54, 1.807) is 0 Å². The van der Waals surface area contributed by atoms with E-state index in [0.717, 1.165) is 64.5 Å². The number of unbranched alkanes of at least 4 members (excludes halogenated alkanes) is 4. The summed E-state index contributed by atoms with van der Waals surface area (Å²) < 4.78 is 22.1. The third-order valence-electron chi connectivity index (χ3n) is 5.01. The molecule has 33 heavy (non-hydrogen) atoms. The van der Waals surface area contributed by atoms with E-state index in [-0.39, 0.29) is 30.4 Å². The molecule has 0 fully saturated rings. The number of ether oxygens (including phenoxy) is 4. The minimum Gasteiger partial charge on any atom is -0.379 e. The van der Waals surface area contributed by atoms with Gasteiger partial charge in [-0.15, -0.1) is 0 Å². The van der Waals surface area contributed by atoms with Crippen LogP contribution in [0.25, 0.3) is 0 Å². The Balaban J connectivity index is 3.18. The molecular formula is C25H50N2O6. The lowest BCUT2D eigenvalue weighted by molar-refractivity contribution is -0.127. The third-order valence-corrected chi connectivity index (χ3v) is 5.01. The molecular weight excluding hydrogens is 424 g/mol. The molecule has 8 heteroatoms. The van der Waals surface area contributed by atoms with Crippen LogP contribution in [-0.4, -0.2) is 77.3 Å². The Morgan fingerprint density at radius 2 is 1.21 bits per heavy atom. The van der Waals surface area contributed by atoms with Crippen molar-refractivity contribution in [2.75, 3.05) is 59.3 Å². The van der Waals surface area contributed by atoms with Gasteiger partial charge in [-0.05, 0) is 51.9 Å². The Labute approximate surface area is 201 Å². The van der Waals surface area contributed by atoms with Crippen molar-refractivity contribution in [1.29, 1.82) is 0 Å². The van der Waals surface area contributed by atoms with Gasteiger partial charge in [0.05, 0.1) is 32.5 Å². The average molecular weight is 475 g/mol. The highest BCUT2D eigenvalue weighted by Crippen LogP contribution is 2.00. The molecule has 0 aromatic heterocycles. The van der Waals surface area contributed by atoms with E-state index >= 15 is 0 Å². The van der Waals surface area contributed by atoms with Crippen molar-refractivity contribution >= 4 is 11.8 Å². The molecule has 0 bridgehead atoms. The molecule has 0 aliphatic carbocycles. The van der Waals surface area contributed by atoms with Crippen molar-refractivity contribution in [3.8, 4) is 0 Å². The molecule has 0 aromatic carbocycles. The number of rotatable bonds is 24. The van der Waals surface area contributed by atoms with Gasteiger partial charge in [0.2, 0.25) is 11.8 Å². The summed E-state index contributed by atoms with van der Waals surface area (Å²) in [6.07, 6.45) is 8.15. The highest BCUT2D eigenvalue weighted by Gasteiger charge is 2.06. The first-order valence-corrected chi connectivity index (χ1v) is 12.9. The number of hydrogen-bond acceptors (Lipinski definition) is 6. The first-order chi connectivity index (χ1) is 16.0. The predicted molar refractivity (Wildman–Crippen MR) is 131 cm³/mol. The maximum atomic E-state index is 11.7. The van der Waals surface area contributed by atoms with E-state index in [9.17, 15) is 9.59 Å². The van der Waals surface area contributed by atoms with Crippen LogP contribution in [0.2, 0.25) is 0 Å². The van der Waals surface area contributed by atoms with Gasteiger partial charge in [-0.1, -0.05) is 27.2 Å². The second kappa shape index (κ2) is 23.9. The molecule has 0 radical (unpaired) electrons. The zero-order valence-corrected chi connectivity index (χ0v) is 21.6. The van der Waals surface area contributed by atoms with Crippen LogP contribution in [0, 0.1) is 5.92 Å². The summed E-state index contributed by atoms with van der Waals surface area (Å²) in [5.41, 5.74) is 0. The van der Waals surface area contributed by atoms with Crippen LogP contribution in [0.15, 0.2) is 0 Å². The van der Waals surface area contributed by atoms with Crippen molar-refractivity contribution in [1.82, 2.24) is 10.6 Å². The Morgan fingerprint density at radius 3 is 1.73 bits per heavy atom. The van der Waals surface area contributed by atoms with Gasteiger partial charge < -0.3 is 29.6 Å². The molecule has 0 saturated carbocycles. The molecule has 1 atom stereocenters. The standard InChI is InChI=1S/C25H50N2O6/c1-5-12-23(4)33-21-24(28)26-13-8-6-10-15-30-17-19-32-20-18-31-16-11-7-9-14-27-25(29)22(2)3/h22-23H,5-21H2,1-4H3,(H,26,28)(H,27,29). The topological polar surface area (TPSA) is 95.1 Å². The molecule has 196 valence electrons. The molecule has 8 nitrogen and oxygen atoms in total. The van der Waals surface area contributed by atoms with Gasteiger partial charge >= 0.3 is 0 Å². The maximum absolute atomic E-state index is 11.7. The minimum atomic E-state index is -0.0394. The van der Waals surface area contributed by atoms with Crippen LogP contribution < -0.4 is 10.6 Å². The van der Waals surface area contributed by atoms with Gasteiger partial charge in [0.1, 0.15) is 6.61 Å². The molecule has 2 amide bonds. The number of nitrogens with one attached hydrogen (secondary N) is 2. The highest BCUT2D eigenvalue weighted by atomic mass is 16.5. The van der Waals surface area contributed by atoms with Crippen LogP contribution in [0.1, 0.15) is 79.1 Å². The summed E-state index contributed by atoms with van der Waals surface area (Å²) in [6, 6.07) is 0. The average Bonchev–Trinajstić information content (AvgIpc) is 2.79. The molecule has 1 unspecified atom stereocenters. The summed E-state index contributed by atoms with van der Waals surface area (Å²) in [7, 11) is 0. The number of amides is 2. The summed E-state index contributed by atoms with van der Waals surface area (Å²) >= 11 is 0. The van der Waals surface area contributed by atoms with E-state index in [1.165, 1.54) is 0 Å². The van der Waals surface area contributed by atoms with Crippen molar-refractivity contribution in [2.24, 2.45) is 5.92 Å². The lowest BCUT2D eigenvalue weighted by Crippen LogP contribution is -2.30. The molecule has 0 aromatic rings. The fourth-order valence-electron chi connectivity index (χ4n) is 2.96. The normalized spacial score (nSPS) is 12.2. The first-order valence-electron chi connectivity index (χ1n) is 12.9. The Hall–Kier alpha value is -1.22. The zero-order valence-electron chi connectivity index (χ0n) is 21.6. The van der Waals surface area contributed by atoms with Crippen LogP contribution in [-0.2, 0) is 28.5 Å². The van der Waals surface area contributed by atoms with Crippen molar-refractivity contribution in [3.05, 3.63) is 0 Å². The minimum absolute atomic E-state index is 0.0394. The Kier molecular flexibility index (Phi) is 23.0. The number of hydrogen-bond donors (Lipinski definition) is 2.